The van der Waals surface area contributed by atoms with Crippen molar-refractivity contribution in [2.75, 3.05) is 0 Å². The first-order valence-corrected chi connectivity index (χ1v) is 15.0. The largest absolute Gasteiger partial charge is 0.228 e. The van der Waals surface area contributed by atoms with E-state index in [1.54, 1.807) is 0 Å². The van der Waals surface area contributed by atoms with Gasteiger partial charge in [-0.1, -0.05) is 140 Å². The Morgan fingerprint density at radius 1 is 0.318 bits per heavy atom. The van der Waals surface area contributed by atoms with E-state index in [1.165, 1.54) is 48.7 Å². The van der Waals surface area contributed by atoms with Crippen molar-refractivity contribution < 1.29 is 0 Å². The van der Waals surface area contributed by atoms with Crippen molar-refractivity contribution in [2.24, 2.45) is 0 Å². The van der Waals surface area contributed by atoms with E-state index in [9.17, 15) is 0 Å². The lowest BCUT2D eigenvalue weighted by Crippen LogP contribution is -1.95. The first-order valence-electron chi connectivity index (χ1n) is 15.0. The van der Waals surface area contributed by atoms with Crippen LogP contribution >= 0.6 is 0 Å². The Hall–Kier alpha value is -5.86. The van der Waals surface area contributed by atoms with Crippen LogP contribution in [0.5, 0.6) is 0 Å². The van der Waals surface area contributed by atoms with Gasteiger partial charge < -0.3 is 0 Å². The fourth-order valence-electron chi connectivity index (χ4n) is 6.67. The normalized spacial score (nSPS) is 11.6. The first-order chi connectivity index (χ1) is 21.8. The molecular formula is C42H26N2. The van der Waals surface area contributed by atoms with Crippen molar-refractivity contribution >= 4 is 54.0 Å². The summed E-state index contributed by atoms with van der Waals surface area (Å²) >= 11 is 0. The molecule has 0 bridgehead atoms. The highest BCUT2D eigenvalue weighted by atomic mass is 14.9. The van der Waals surface area contributed by atoms with E-state index < -0.39 is 0 Å². The molecule has 0 unspecified atom stereocenters. The molecule has 204 valence electrons. The van der Waals surface area contributed by atoms with E-state index >= 15 is 0 Å². The lowest BCUT2D eigenvalue weighted by molar-refractivity contribution is 1.23. The summed E-state index contributed by atoms with van der Waals surface area (Å²) in [6, 6.07) is 56.2. The number of hydrogen-bond acceptors (Lipinski definition) is 2. The van der Waals surface area contributed by atoms with Crippen molar-refractivity contribution in [2.45, 2.75) is 0 Å². The van der Waals surface area contributed by atoms with Crippen LogP contribution in [-0.4, -0.2) is 9.97 Å². The van der Waals surface area contributed by atoms with Crippen LogP contribution in [-0.2, 0) is 0 Å². The predicted octanol–water partition coefficient (Wildman–Crippen LogP) is 11.2. The Kier molecular flexibility index (Phi) is 5.54. The molecule has 0 atom stereocenters. The molecule has 0 aliphatic carbocycles. The molecule has 2 nitrogen and oxygen atoms in total. The summed E-state index contributed by atoms with van der Waals surface area (Å²) in [6.07, 6.45) is 0. The molecule has 9 rings (SSSR count). The van der Waals surface area contributed by atoms with Crippen molar-refractivity contribution in [3.05, 3.63) is 158 Å². The minimum atomic E-state index is 0.735. The second-order valence-corrected chi connectivity index (χ2v) is 11.4. The zero-order valence-electron chi connectivity index (χ0n) is 23.9. The predicted molar refractivity (Wildman–Crippen MR) is 186 cm³/mol. The third-order valence-corrected chi connectivity index (χ3v) is 8.83. The highest BCUT2D eigenvalue weighted by Gasteiger charge is 2.14. The highest BCUT2D eigenvalue weighted by molar-refractivity contribution is 6.24. The Morgan fingerprint density at radius 2 is 0.932 bits per heavy atom. The maximum atomic E-state index is 5.07. The van der Waals surface area contributed by atoms with Gasteiger partial charge in [0, 0.05) is 16.5 Å². The van der Waals surface area contributed by atoms with Crippen molar-refractivity contribution in [3.8, 4) is 33.8 Å². The van der Waals surface area contributed by atoms with Crippen molar-refractivity contribution in [1.29, 1.82) is 0 Å². The molecule has 1 aromatic heterocycles. The third-order valence-electron chi connectivity index (χ3n) is 8.83. The smallest absolute Gasteiger partial charge is 0.160 e. The van der Waals surface area contributed by atoms with E-state index in [0.717, 1.165) is 39.1 Å². The monoisotopic (exact) mass is 558 g/mol. The molecule has 0 N–H and O–H groups in total. The molecule has 2 heteroatoms. The molecule has 0 spiro atoms. The molecule has 8 aromatic carbocycles. The lowest BCUT2D eigenvalue weighted by atomic mass is 9.92. The van der Waals surface area contributed by atoms with Gasteiger partial charge in [0.2, 0.25) is 0 Å². The van der Waals surface area contributed by atoms with Crippen LogP contribution in [0.4, 0.5) is 0 Å². The minimum absolute atomic E-state index is 0.735. The summed E-state index contributed by atoms with van der Waals surface area (Å²) < 4.78 is 0. The van der Waals surface area contributed by atoms with Gasteiger partial charge in [0.25, 0.3) is 0 Å². The number of fused-ring (bicyclic) bond motifs is 8. The fraction of sp³-hybridized carbons (Fsp3) is 0. The lowest BCUT2D eigenvalue weighted by Gasteiger charge is -2.13. The van der Waals surface area contributed by atoms with Crippen LogP contribution in [0.3, 0.4) is 0 Å². The highest BCUT2D eigenvalue weighted by Crippen LogP contribution is 2.38. The summed E-state index contributed by atoms with van der Waals surface area (Å²) in [4.78, 5) is 10.1. The van der Waals surface area contributed by atoms with Crippen molar-refractivity contribution in [1.82, 2.24) is 9.97 Å². The number of aromatic nitrogens is 2. The Balaban J connectivity index is 1.23. The van der Waals surface area contributed by atoms with Gasteiger partial charge in [-0.3, -0.25) is 0 Å². The van der Waals surface area contributed by atoms with E-state index in [4.69, 9.17) is 9.97 Å². The van der Waals surface area contributed by atoms with E-state index in [0.29, 0.717) is 0 Å². The second-order valence-electron chi connectivity index (χ2n) is 11.4. The molecule has 0 fully saturated rings. The molecule has 0 saturated carbocycles. The summed E-state index contributed by atoms with van der Waals surface area (Å²) in [5.74, 6) is 0.735. The van der Waals surface area contributed by atoms with E-state index in [1.807, 2.05) is 24.3 Å². The van der Waals surface area contributed by atoms with E-state index in [-0.39, 0.29) is 0 Å². The Bertz CT molecular complexity index is 2530. The van der Waals surface area contributed by atoms with Gasteiger partial charge in [0.15, 0.2) is 5.82 Å². The first kappa shape index (κ1) is 24.7. The van der Waals surface area contributed by atoms with Crippen LogP contribution < -0.4 is 0 Å². The van der Waals surface area contributed by atoms with Gasteiger partial charge >= 0.3 is 0 Å². The Labute approximate surface area is 254 Å². The SMILES string of the molecule is c1ccc(-c2nc(-c3ccccc3)c3ccc(-c4ccc5c(ccc6ccc7c8ccccc8ccc7c65)c4)cc3n2)cc1. The minimum Gasteiger partial charge on any atom is -0.228 e. The van der Waals surface area contributed by atoms with Crippen LogP contribution in [0.2, 0.25) is 0 Å². The third kappa shape index (κ3) is 3.96. The molecule has 9 aromatic rings. The van der Waals surface area contributed by atoms with Gasteiger partial charge in [0.1, 0.15) is 0 Å². The number of nitrogens with zero attached hydrogens (tertiary/aromatic N) is 2. The molecule has 0 aliphatic rings. The number of benzene rings is 8. The molecular weight excluding hydrogens is 532 g/mol. The molecule has 44 heavy (non-hydrogen) atoms. The molecule has 0 aliphatic heterocycles. The fourth-order valence-corrected chi connectivity index (χ4v) is 6.67. The van der Waals surface area contributed by atoms with Gasteiger partial charge in [-0.25, -0.2) is 9.97 Å². The summed E-state index contributed by atoms with van der Waals surface area (Å²) in [7, 11) is 0. The second kappa shape index (κ2) is 9.86. The summed E-state index contributed by atoms with van der Waals surface area (Å²) in [5.41, 5.74) is 6.29. The van der Waals surface area contributed by atoms with Crippen molar-refractivity contribution in [3.63, 3.8) is 0 Å². The van der Waals surface area contributed by atoms with Crippen LogP contribution in [0, 0.1) is 0 Å². The van der Waals surface area contributed by atoms with Gasteiger partial charge in [-0.2, -0.15) is 0 Å². The topological polar surface area (TPSA) is 25.8 Å². The summed E-state index contributed by atoms with van der Waals surface area (Å²) in [6.45, 7) is 0. The molecule has 0 saturated heterocycles. The van der Waals surface area contributed by atoms with Crippen LogP contribution in [0.1, 0.15) is 0 Å². The molecule has 1 heterocycles. The van der Waals surface area contributed by atoms with Gasteiger partial charge in [0.05, 0.1) is 11.2 Å². The standard InChI is InChI=1S/C42H26N2/c1-3-10-29(11-4-1)41-38-24-20-32(26-39(38)43-42(44-41)30-12-5-2-6-13-30)31-19-21-35-33(25-31)16-15-28-18-22-36-34-14-8-7-9-27(34)17-23-37(36)40(28)35/h1-26H. The number of rotatable bonds is 3. The quantitative estimate of drug-likeness (QED) is 0.202. The zero-order chi connectivity index (χ0) is 29.0. The van der Waals surface area contributed by atoms with Crippen LogP contribution in [0.25, 0.3) is 87.8 Å². The molecule has 0 amide bonds. The average molecular weight is 559 g/mol. The van der Waals surface area contributed by atoms with E-state index in [2.05, 4.69) is 133 Å². The summed E-state index contributed by atoms with van der Waals surface area (Å²) in [5, 5.41) is 11.3. The van der Waals surface area contributed by atoms with Gasteiger partial charge in [-0.05, 0) is 72.4 Å². The molecule has 0 radical (unpaired) electrons. The maximum absolute atomic E-state index is 5.07. The van der Waals surface area contributed by atoms with Crippen LogP contribution in [0.15, 0.2) is 158 Å². The number of hydrogen-bond donors (Lipinski definition) is 0. The van der Waals surface area contributed by atoms with Gasteiger partial charge in [-0.15, -0.1) is 0 Å². The Morgan fingerprint density at radius 3 is 1.77 bits per heavy atom. The maximum Gasteiger partial charge on any atom is 0.160 e. The average Bonchev–Trinajstić information content (AvgIpc) is 3.11. The zero-order valence-corrected chi connectivity index (χ0v) is 23.9.